The first-order chi connectivity index (χ1) is 7.58. The Balaban J connectivity index is 2.18. The maximum absolute atomic E-state index is 4.31. The van der Waals surface area contributed by atoms with Crippen molar-refractivity contribution in [2.45, 2.75) is 26.3 Å². The van der Waals surface area contributed by atoms with Gasteiger partial charge in [-0.15, -0.1) is 16.4 Å². The van der Waals surface area contributed by atoms with E-state index in [0.717, 1.165) is 16.5 Å². The number of nitrogens with one attached hydrogen (secondary N) is 1. The van der Waals surface area contributed by atoms with Gasteiger partial charge in [-0.05, 0) is 32.9 Å². The number of nitrogens with zero attached hydrogens (tertiary/aromatic N) is 3. The fraction of sp³-hybridized carbons (Fsp3) is 0.364. The molecule has 2 heterocycles. The summed E-state index contributed by atoms with van der Waals surface area (Å²) in [5.41, 5.74) is 0.690. The second-order valence-corrected chi connectivity index (χ2v) is 5.04. The summed E-state index contributed by atoms with van der Waals surface area (Å²) in [6.45, 7) is 6.07. The molecule has 5 heteroatoms. The summed E-state index contributed by atoms with van der Waals surface area (Å²) in [6.07, 6.45) is 1.81. The molecule has 0 aliphatic heterocycles. The van der Waals surface area contributed by atoms with Gasteiger partial charge in [-0.2, -0.15) is 5.10 Å². The van der Waals surface area contributed by atoms with Gasteiger partial charge in [0.15, 0.2) is 0 Å². The van der Waals surface area contributed by atoms with Crippen molar-refractivity contribution in [2.75, 3.05) is 5.32 Å². The number of aromatic nitrogens is 3. The molecular formula is C11H14N4S. The topological polar surface area (TPSA) is 50.7 Å². The number of aryl methyl sites for hydroxylation is 1. The van der Waals surface area contributed by atoms with Gasteiger partial charge in [-0.1, -0.05) is 0 Å². The van der Waals surface area contributed by atoms with E-state index in [0.29, 0.717) is 0 Å². The lowest BCUT2D eigenvalue weighted by molar-refractivity contribution is 0.599. The molecule has 84 valence electrons. The molecule has 0 saturated heterocycles. The van der Waals surface area contributed by atoms with E-state index < -0.39 is 0 Å². The van der Waals surface area contributed by atoms with Crippen LogP contribution >= 0.6 is 11.3 Å². The lowest BCUT2D eigenvalue weighted by Gasteiger charge is -2.24. The number of rotatable bonds is 3. The van der Waals surface area contributed by atoms with Crippen molar-refractivity contribution >= 4 is 17.2 Å². The summed E-state index contributed by atoms with van der Waals surface area (Å²) in [5, 5.41) is 14.4. The highest BCUT2D eigenvalue weighted by Crippen LogP contribution is 2.25. The van der Waals surface area contributed by atoms with E-state index in [1.165, 1.54) is 0 Å². The van der Waals surface area contributed by atoms with E-state index in [4.69, 9.17) is 0 Å². The van der Waals surface area contributed by atoms with Crippen LogP contribution in [0.3, 0.4) is 0 Å². The number of anilines is 1. The molecule has 0 aliphatic rings. The Kier molecular flexibility index (Phi) is 2.87. The van der Waals surface area contributed by atoms with Gasteiger partial charge in [-0.3, -0.25) is 0 Å². The second-order valence-electron chi connectivity index (χ2n) is 4.15. The van der Waals surface area contributed by atoms with Crippen LogP contribution in [0.5, 0.6) is 0 Å². The van der Waals surface area contributed by atoms with Crippen molar-refractivity contribution < 1.29 is 0 Å². The predicted molar refractivity (Wildman–Crippen MR) is 65.5 cm³/mol. The summed E-state index contributed by atoms with van der Waals surface area (Å²) in [7, 11) is 0. The predicted octanol–water partition coefficient (Wildman–Crippen LogP) is 2.59. The number of hydrogen-bond donors (Lipinski definition) is 1. The summed E-state index contributed by atoms with van der Waals surface area (Å²) < 4.78 is 0. The third-order valence-electron chi connectivity index (χ3n) is 2.21. The second kappa shape index (κ2) is 4.17. The Morgan fingerprint density at radius 1 is 1.25 bits per heavy atom. The van der Waals surface area contributed by atoms with Crippen molar-refractivity contribution in [3.05, 3.63) is 34.4 Å². The summed E-state index contributed by atoms with van der Waals surface area (Å²) >= 11 is 1.63. The zero-order chi connectivity index (χ0) is 11.6. The fourth-order valence-electron chi connectivity index (χ4n) is 1.37. The minimum absolute atomic E-state index is 0.224. The first kappa shape index (κ1) is 11.0. The Bertz CT molecular complexity index is 447. The van der Waals surface area contributed by atoms with Crippen molar-refractivity contribution in [1.82, 2.24) is 15.2 Å². The first-order valence-corrected chi connectivity index (χ1v) is 5.94. The van der Waals surface area contributed by atoms with Crippen LogP contribution in [0.4, 0.5) is 5.82 Å². The van der Waals surface area contributed by atoms with Gasteiger partial charge in [0.1, 0.15) is 10.8 Å². The van der Waals surface area contributed by atoms with Crippen molar-refractivity contribution in [3.63, 3.8) is 0 Å². The molecule has 0 bridgehead atoms. The molecule has 0 aliphatic carbocycles. The Morgan fingerprint density at radius 2 is 2.06 bits per heavy atom. The van der Waals surface area contributed by atoms with E-state index in [-0.39, 0.29) is 5.54 Å². The standard InChI is InChI=1S/C11H14N4S/c1-8-4-5-9(15-14-8)13-11(2,3)10-12-6-7-16-10/h4-7H,1-3H3,(H,13,15). The van der Waals surface area contributed by atoms with Crippen molar-refractivity contribution in [3.8, 4) is 0 Å². The quantitative estimate of drug-likeness (QED) is 0.886. The molecule has 0 aromatic carbocycles. The Labute approximate surface area is 98.8 Å². The highest BCUT2D eigenvalue weighted by molar-refractivity contribution is 7.09. The molecule has 0 fully saturated rings. The van der Waals surface area contributed by atoms with Gasteiger partial charge in [0.25, 0.3) is 0 Å². The molecule has 0 radical (unpaired) electrons. The van der Waals surface area contributed by atoms with Crippen LogP contribution in [0.15, 0.2) is 23.7 Å². The molecule has 0 saturated carbocycles. The largest absolute Gasteiger partial charge is 0.357 e. The van der Waals surface area contributed by atoms with Gasteiger partial charge in [0, 0.05) is 11.6 Å². The molecule has 0 unspecified atom stereocenters. The number of thiazole rings is 1. The minimum Gasteiger partial charge on any atom is -0.357 e. The van der Waals surface area contributed by atoms with Crippen LogP contribution in [0.2, 0.25) is 0 Å². The van der Waals surface area contributed by atoms with Crippen LogP contribution in [0.25, 0.3) is 0 Å². The molecule has 2 aromatic heterocycles. The van der Waals surface area contributed by atoms with Gasteiger partial charge in [0.05, 0.1) is 11.2 Å². The molecule has 0 atom stereocenters. The van der Waals surface area contributed by atoms with Gasteiger partial charge >= 0.3 is 0 Å². The van der Waals surface area contributed by atoms with Gasteiger partial charge in [-0.25, -0.2) is 4.98 Å². The zero-order valence-electron chi connectivity index (χ0n) is 9.56. The van der Waals surface area contributed by atoms with Crippen LogP contribution < -0.4 is 5.32 Å². The average molecular weight is 234 g/mol. The zero-order valence-corrected chi connectivity index (χ0v) is 10.4. The lowest BCUT2D eigenvalue weighted by Crippen LogP contribution is -2.28. The fourth-order valence-corrected chi connectivity index (χ4v) is 2.09. The van der Waals surface area contributed by atoms with E-state index in [1.54, 1.807) is 11.3 Å². The SMILES string of the molecule is Cc1ccc(NC(C)(C)c2nccs2)nn1. The van der Waals surface area contributed by atoms with E-state index >= 15 is 0 Å². The van der Waals surface area contributed by atoms with Crippen molar-refractivity contribution in [2.24, 2.45) is 0 Å². The molecule has 0 spiro atoms. The molecule has 2 aromatic rings. The van der Waals surface area contributed by atoms with Gasteiger partial charge in [0.2, 0.25) is 0 Å². The molecule has 0 amide bonds. The molecule has 2 rings (SSSR count). The monoisotopic (exact) mass is 234 g/mol. The van der Waals surface area contributed by atoms with Crippen LogP contribution in [-0.4, -0.2) is 15.2 Å². The van der Waals surface area contributed by atoms with E-state index in [1.807, 2.05) is 30.6 Å². The Hall–Kier alpha value is -1.49. The van der Waals surface area contributed by atoms with E-state index in [9.17, 15) is 0 Å². The summed E-state index contributed by atoms with van der Waals surface area (Å²) in [4.78, 5) is 4.31. The van der Waals surface area contributed by atoms with Gasteiger partial charge < -0.3 is 5.32 Å². The van der Waals surface area contributed by atoms with Crippen LogP contribution in [0.1, 0.15) is 24.5 Å². The number of hydrogen-bond acceptors (Lipinski definition) is 5. The molecule has 4 nitrogen and oxygen atoms in total. The molecular weight excluding hydrogens is 220 g/mol. The highest BCUT2D eigenvalue weighted by atomic mass is 32.1. The Morgan fingerprint density at radius 3 is 2.62 bits per heavy atom. The third-order valence-corrected chi connectivity index (χ3v) is 3.30. The normalized spacial score (nSPS) is 11.4. The van der Waals surface area contributed by atoms with Crippen LogP contribution in [0, 0.1) is 6.92 Å². The minimum atomic E-state index is -0.224. The van der Waals surface area contributed by atoms with E-state index in [2.05, 4.69) is 34.3 Å². The summed E-state index contributed by atoms with van der Waals surface area (Å²) in [6, 6.07) is 3.87. The van der Waals surface area contributed by atoms with Crippen molar-refractivity contribution in [1.29, 1.82) is 0 Å². The molecule has 16 heavy (non-hydrogen) atoms. The maximum atomic E-state index is 4.31. The lowest BCUT2D eigenvalue weighted by atomic mass is 10.1. The highest BCUT2D eigenvalue weighted by Gasteiger charge is 2.23. The first-order valence-electron chi connectivity index (χ1n) is 5.06. The smallest absolute Gasteiger partial charge is 0.149 e. The third kappa shape index (κ3) is 2.36. The maximum Gasteiger partial charge on any atom is 0.149 e. The van der Waals surface area contributed by atoms with Crippen LogP contribution in [-0.2, 0) is 5.54 Å². The molecule has 1 N–H and O–H groups in total. The summed E-state index contributed by atoms with van der Waals surface area (Å²) in [5.74, 6) is 0.769. The average Bonchev–Trinajstić information content (AvgIpc) is 2.75.